The summed E-state index contributed by atoms with van der Waals surface area (Å²) < 4.78 is 5.79. The maximum atomic E-state index is 12.4. The van der Waals surface area contributed by atoms with Crippen molar-refractivity contribution in [3.05, 3.63) is 29.8 Å². The maximum Gasteiger partial charge on any atom is 0.255 e. The summed E-state index contributed by atoms with van der Waals surface area (Å²) in [7, 11) is 0. The molecule has 2 aliphatic rings. The fourth-order valence-corrected chi connectivity index (χ4v) is 2.51. The molecule has 1 unspecified atom stereocenters. The first-order valence-electron chi connectivity index (χ1n) is 7.56. The van der Waals surface area contributed by atoms with Crippen LogP contribution in [-0.2, 0) is 0 Å². The van der Waals surface area contributed by atoms with Crippen molar-refractivity contribution in [2.75, 3.05) is 19.7 Å². The molecule has 1 aliphatic carbocycles. The first kappa shape index (κ1) is 13.4. The Balaban J connectivity index is 1.62. The second-order valence-electron chi connectivity index (χ2n) is 5.77. The minimum absolute atomic E-state index is 0.0231. The van der Waals surface area contributed by atoms with Gasteiger partial charge in [0.25, 0.3) is 5.91 Å². The first-order chi connectivity index (χ1) is 9.83. The van der Waals surface area contributed by atoms with Gasteiger partial charge in [-0.1, -0.05) is 12.1 Å². The summed E-state index contributed by atoms with van der Waals surface area (Å²) in [5.74, 6) is 1.37. The van der Waals surface area contributed by atoms with Crippen LogP contribution < -0.4 is 15.4 Å². The smallest absolute Gasteiger partial charge is 0.255 e. The van der Waals surface area contributed by atoms with Crippen LogP contribution in [-0.4, -0.2) is 31.6 Å². The number of rotatable bonds is 5. The number of carbonyl (C=O) groups is 1. The van der Waals surface area contributed by atoms with Crippen molar-refractivity contribution in [1.82, 2.24) is 10.6 Å². The summed E-state index contributed by atoms with van der Waals surface area (Å²) in [6.07, 6.45) is 4.67. The van der Waals surface area contributed by atoms with E-state index in [1.165, 1.54) is 12.8 Å². The van der Waals surface area contributed by atoms with Crippen LogP contribution in [0.1, 0.15) is 36.0 Å². The lowest BCUT2D eigenvalue weighted by molar-refractivity contribution is 0.0926. The summed E-state index contributed by atoms with van der Waals surface area (Å²) in [5, 5.41) is 6.41. The van der Waals surface area contributed by atoms with Gasteiger partial charge >= 0.3 is 0 Å². The van der Waals surface area contributed by atoms with Crippen LogP contribution in [0.2, 0.25) is 0 Å². The van der Waals surface area contributed by atoms with Crippen LogP contribution in [0, 0.1) is 5.92 Å². The standard InChI is InChI=1S/C16H22N2O2/c19-16(18-13-4-3-9-17-10-13)14-5-1-2-6-15(14)20-11-12-7-8-12/h1-2,5-6,12-13,17H,3-4,7-11H2,(H,18,19). The fourth-order valence-electron chi connectivity index (χ4n) is 2.51. The van der Waals surface area contributed by atoms with Crippen LogP contribution in [0.25, 0.3) is 0 Å². The van der Waals surface area contributed by atoms with Gasteiger partial charge in [-0.2, -0.15) is 0 Å². The van der Waals surface area contributed by atoms with Gasteiger partial charge in [0.05, 0.1) is 12.2 Å². The van der Waals surface area contributed by atoms with Gasteiger partial charge in [0.15, 0.2) is 0 Å². The fraction of sp³-hybridized carbons (Fsp3) is 0.562. The molecule has 1 aromatic rings. The van der Waals surface area contributed by atoms with Gasteiger partial charge in [0.2, 0.25) is 0 Å². The summed E-state index contributed by atoms with van der Waals surface area (Å²) in [6.45, 7) is 2.64. The Morgan fingerprint density at radius 3 is 2.90 bits per heavy atom. The highest BCUT2D eigenvalue weighted by Crippen LogP contribution is 2.30. The Hall–Kier alpha value is -1.55. The molecular weight excluding hydrogens is 252 g/mol. The largest absolute Gasteiger partial charge is 0.492 e. The van der Waals surface area contributed by atoms with E-state index >= 15 is 0 Å². The second-order valence-corrected chi connectivity index (χ2v) is 5.77. The van der Waals surface area contributed by atoms with Crippen molar-refractivity contribution in [3.63, 3.8) is 0 Å². The van der Waals surface area contributed by atoms with E-state index in [1.54, 1.807) is 0 Å². The zero-order chi connectivity index (χ0) is 13.8. The number of hydrogen-bond donors (Lipinski definition) is 2. The van der Waals surface area contributed by atoms with Gasteiger partial charge in [-0.25, -0.2) is 0 Å². The number of carbonyl (C=O) groups excluding carboxylic acids is 1. The predicted molar refractivity (Wildman–Crippen MR) is 78.0 cm³/mol. The highest BCUT2D eigenvalue weighted by atomic mass is 16.5. The molecule has 0 spiro atoms. The highest BCUT2D eigenvalue weighted by Gasteiger charge is 2.23. The van der Waals surface area contributed by atoms with Crippen LogP contribution in [0.5, 0.6) is 5.75 Å². The molecule has 4 heteroatoms. The zero-order valence-corrected chi connectivity index (χ0v) is 11.7. The Kier molecular flexibility index (Phi) is 4.21. The third-order valence-corrected chi connectivity index (χ3v) is 3.94. The van der Waals surface area contributed by atoms with Crippen LogP contribution in [0.4, 0.5) is 0 Å². The normalized spacial score (nSPS) is 22.3. The molecule has 1 saturated heterocycles. The number of piperidine rings is 1. The maximum absolute atomic E-state index is 12.4. The molecule has 3 rings (SSSR count). The van der Waals surface area contributed by atoms with Gasteiger partial charge in [0, 0.05) is 12.6 Å². The quantitative estimate of drug-likeness (QED) is 0.863. The van der Waals surface area contributed by atoms with E-state index in [0.29, 0.717) is 17.2 Å². The third-order valence-electron chi connectivity index (χ3n) is 3.94. The molecule has 108 valence electrons. The Bertz CT molecular complexity index is 465. The van der Waals surface area contributed by atoms with Gasteiger partial charge in [-0.3, -0.25) is 4.79 Å². The molecule has 1 saturated carbocycles. The molecule has 1 heterocycles. The number of nitrogens with one attached hydrogen (secondary N) is 2. The lowest BCUT2D eigenvalue weighted by Gasteiger charge is -2.24. The third kappa shape index (κ3) is 3.51. The van der Waals surface area contributed by atoms with Crippen LogP contribution >= 0.6 is 0 Å². The number of ether oxygens (including phenoxy) is 1. The number of para-hydroxylation sites is 1. The van der Waals surface area contributed by atoms with Crippen molar-refractivity contribution < 1.29 is 9.53 Å². The molecule has 0 radical (unpaired) electrons. The molecule has 2 N–H and O–H groups in total. The van der Waals surface area contributed by atoms with Crippen molar-refractivity contribution in [2.24, 2.45) is 5.92 Å². The molecule has 20 heavy (non-hydrogen) atoms. The Morgan fingerprint density at radius 1 is 1.30 bits per heavy atom. The van der Waals surface area contributed by atoms with E-state index in [4.69, 9.17) is 4.74 Å². The van der Waals surface area contributed by atoms with E-state index in [0.717, 1.165) is 32.5 Å². The predicted octanol–water partition coefficient (Wildman–Crippen LogP) is 1.96. The lowest BCUT2D eigenvalue weighted by Crippen LogP contribution is -2.45. The summed E-state index contributed by atoms with van der Waals surface area (Å²) in [5.41, 5.74) is 0.652. The van der Waals surface area contributed by atoms with E-state index in [2.05, 4.69) is 10.6 Å². The van der Waals surface area contributed by atoms with E-state index < -0.39 is 0 Å². The average molecular weight is 274 g/mol. The van der Waals surface area contributed by atoms with Gasteiger partial charge < -0.3 is 15.4 Å². The van der Waals surface area contributed by atoms with Gasteiger partial charge in [-0.05, 0) is 50.3 Å². The minimum atomic E-state index is -0.0231. The minimum Gasteiger partial charge on any atom is -0.492 e. The van der Waals surface area contributed by atoms with Crippen LogP contribution in [0.3, 0.4) is 0 Å². The van der Waals surface area contributed by atoms with Crippen LogP contribution in [0.15, 0.2) is 24.3 Å². The molecule has 1 amide bonds. The molecule has 0 aromatic heterocycles. The summed E-state index contributed by atoms with van der Waals surface area (Å²) in [4.78, 5) is 12.4. The lowest BCUT2D eigenvalue weighted by atomic mass is 10.1. The Morgan fingerprint density at radius 2 is 2.15 bits per heavy atom. The molecule has 1 aromatic carbocycles. The second kappa shape index (κ2) is 6.27. The summed E-state index contributed by atoms with van der Waals surface area (Å²) >= 11 is 0. The SMILES string of the molecule is O=C(NC1CCCNC1)c1ccccc1OCC1CC1. The van der Waals surface area contributed by atoms with Crippen molar-refractivity contribution in [1.29, 1.82) is 0 Å². The van der Waals surface area contributed by atoms with E-state index in [9.17, 15) is 4.79 Å². The number of amides is 1. The zero-order valence-electron chi connectivity index (χ0n) is 11.7. The molecule has 2 fully saturated rings. The van der Waals surface area contributed by atoms with Crippen molar-refractivity contribution in [3.8, 4) is 5.75 Å². The first-order valence-corrected chi connectivity index (χ1v) is 7.56. The van der Waals surface area contributed by atoms with Gasteiger partial charge in [-0.15, -0.1) is 0 Å². The molecule has 1 atom stereocenters. The number of benzene rings is 1. The molecule has 1 aliphatic heterocycles. The topological polar surface area (TPSA) is 50.4 Å². The van der Waals surface area contributed by atoms with E-state index in [1.807, 2.05) is 24.3 Å². The van der Waals surface area contributed by atoms with Crippen molar-refractivity contribution in [2.45, 2.75) is 31.7 Å². The van der Waals surface area contributed by atoms with Crippen molar-refractivity contribution >= 4 is 5.91 Å². The van der Waals surface area contributed by atoms with E-state index in [-0.39, 0.29) is 11.9 Å². The number of hydrogen-bond acceptors (Lipinski definition) is 3. The monoisotopic (exact) mass is 274 g/mol. The molecule has 0 bridgehead atoms. The van der Waals surface area contributed by atoms with Gasteiger partial charge in [0.1, 0.15) is 5.75 Å². The average Bonchev–Trinajstić information content (AvgIpc) is 3.31. The highest BCUT2D eigenvalue weighted by molar-refractivity contribution is 5.97. The molecular formula is C16H22N2O2. The molecule has 4 nitrogen and oxygen atoms in total. The summed E-state index contributed by atoms with van der Waals surface area (Å²) in [6, 6.07) is 7.76. The Labute approximate surface area is 119 Å².